The molecule has 10 rings (SSSR count). The fraction of sp³-hybridized carbons (Fsp3) is 0.359. The Kier molecular flexibility index (Phi) is 18.5. The van der Waals surface area contributed by atoms with Gasteiger partial charge in [-0.3, -0.25) is 43.3 Å². The molecule has 4 atom stereocenters. The van der Waals surface area contributed by atoms with E-state index in [0.717, 1.165) is 57.8 Å². The van der Waals surface area contributed by atoms with E-state index in [9.17, 15) is 38.4 Å². The molecule has 0 bridgehead atoms. The Morgan fingerprint density at radius 1 is 0.691 bits per heavy atom. The molecule has 0 aliphatic carbocycles. The van der Waals surface area contributed by atoms with E-state index < -0.39 is 17.9 Å². The summed E-state index contributed by atoms with van der Waals surface area (Å²) in [7, 11) is 1.54. The number of para-hydroxylation sites is 2. The zero-order valence-electron chi connectivity index (χ0n) is 46.2. The third-order valence-corrected chi connectivity index (χ3v) is 15.9. The molecule has 6 amide bonds. The molecular formula is C64H66N5O11Y-. The summed E-state index contributed by atoms with van der Waals surface area (Å²) in [6.07, 6.45) is 9.96. The maximum atomic E-state index is 14.2. The number of nitrogens with one attached hydrogen (secondary N) is 2. The summed E-state index contributed by atoms with van der Waals surface area (Å²) in [4.78, 5) is 109. The van der Waals surface area contributed by atoms with E-state index in [0.29, 0.717) is 77.3 Å². The van der Waals surface area contributed by atoms with Gasteiger partial charge in [0.05, 0.1) is 13.2 Å². The van der Waals surface area contributed by atoms with E-state index in [4.69, 9.17) is 14.2 Å². The number of methoxy groups -OCH3 is 1. The molecule has 5 aliphatic heterocycles. The first-order chi connectivity index (χ1) is 38.6. The zero-order chi connectivity index (χ0) is 56.2. The van der Waals surface area contributed by atoms with E-state index in [-0.39, 0.29) is 131 Å². The minimum atomic E-state index is -0.854. The molecule has 2 N–H and O–H groups in total. The molecule has 0 saturated carbocycles. The maximum absolute atomic E-state index is 14.2. The predicted octanol–water partition coefficient (Wildman–Crippen LogP) is 8.88. The number of amides is 6. The first-order valence-corrected chi connectivity index (χ1v) is 27.7. The largest absolute Gasteiger partial charge is 0.493 e. The third-order valence-electron chi connectivity index (χ3n) is 15.9. The van der Waals surface area contributed by atoms with E-state index >= 15 is 0 Å². The normalized spacial score (nSPS) is 17.3. The van der Waals surface area contributed by atoms with Crippen LogP contribution in [0.1, 0.15) is 125 Å². The number of ether oxygens (including phenoxy) is 3. The van der Waals surface area contributed by atoms with Gasteiger partial charge in [0.25, 0.3) is 23.6 Å². The zero-order valence-corrected chi connectivity index (χ0v) is 49.1. The topological polar surface area (TPSA) is 198 Å². The Hall–Kier alpha value is -7.30. The minimum absolute atomic E-state index is 0. The molecule has 5 aromatic rings. The summed E-state index contributed by atoms with van der Waals surface area (Å²) in [6.45, 7) is 5.50. The molecule has 0 aromatic heterocycles. The maximum Gasteiger partial charge on any atom is 0.258 e. The van der Waals surface area contributed by atoms with Crippen LogP contribution in [0.3, 0.4) is 0 Å². The van der Waals surface area contributed by atoms with Crippen LogP contribution in [-0.2, 0) is 100 Å². The number of ketones is 2. The predicted molar refractivity (Wildman–Crippen MR) is 301 cm³/mol. The molecule has 5 heterocycles. The van der Waals surface area contributed by atoms with Gasteiger partial charge in [0.15, 0.2) is 17.3 Å². The Labute approximate surface area is 497 Å². The van der Waals surface area contributed by atoms with Crippen LogP contribution in [-0.4, -0.2) is 83.7 Å². The van der Waals surface area contributed by atoms with Gasteiger partial charge in [0, 0.05) is 117 Å². The molecule has 0 spiro atoms. The van der Waals surface area contributed by atoms with Crippen LogP contribution >= 0.6 is 0 Å². The van der Waals surface area contributed by atoms with Crippen LogP contribution < -0.4 is 34.6 Å². The molecular weight excluding hydrogens is 1100 g/mol. The monoisotopic (exact) mass is 1170 g/mol. The van der Waals surface area contributed by atoms with Crippen LogP contribution in [0.4, 0.5) is 17.1 Å². The number of unbranched alkanes of at least 4 members (excludes halogenated alkanes) is 1. The van der Waals surface area contributed by atoms with Crippen molar-refractivity contribution in [3.8, 4) is 17.2 Å². The van der Waals surface area contributed by atoms with E-state index in [1.54, 1.807) is 26.0 Å². The van der Waals surface area contributed by atoms with Crippen molar-refractivity contribution in [3.63, 3.8) is 0 Å². The molecule has 81 heavy (non-hydrogen) atoms. The molecule has 0 saturated heterocycles. The van der Waals surface area contributed by atoms with Crippen LogP contribution in [0.5, 0.6) is 17.2 Å². The molecule has 0 fully saturated rings. The van der Waals surface area contributed by atoms with Gasteiger partial charge in [-0.25, -0.2) is 0 Å². The number of fused-ring (bicyclic) bond motifs is 8. The average Bonchev–Trinajstić information content (AvgIpc) is 3.81. The van der Waals surface area contributed by atoms with Gasteiger partial charge >= 0.3 is 0 Å². The standard InChI is InChI=1S/C64H66N5O11.Y/c1-38-26-51-43(19-21-48-31-45-12-5-8-16-53(45)68(48)63(51)76)33-56(38)79-36-41-28-42(37-80-58-34-44-20-22-49-32-46-13-6-9-17-54(46)69(49)64(77)52(44)35-57(58)78-4)30-47(29-41)66-62(75)39(2)27-55(71)40(3)65-59(72)18-10-7-14-50(70)15-11-25-67-60(73)23-24-61(67)74;/h5-6,8-9,12-13,16-17,22-24,26,28-30,33-35,39-40,48-49H,7,10-11,14-15,18-21,25,27,31-32,36-37H2,1-4H3,(H,65,72)(H,66,75);/q-1;/t39-,40+,48-,49-;/m1./s1. The van der Waals surface area contributed by atoms with Crippen LogP contribution in [0.25, 0.3) is 0 Å². The van der Waals surface area contributed by atoms with E-state index in [2.05, 4.69) is 29.2 Å². The van der Waals surface area contributed by atoms with Gasteiger partial charge in [0.2, 0.25) is 11.8 Å². The summed E-state index contributed by atoms with van der Waals surface area (Å²) in [5.74, 6) is -1.25. The molecule has 5 aromatic carbocycles. The van der Waals surface area contributed by atoms with Gasteiger partial charge in [-0.05, 0) is 147 Å². The Balaban J connectivity index is 0.00000792. The number of carbonyl (C=O) groups is 8. The fourth-order valence-electron chi connectivity index (χ4n) is 11.6. The van der Waals surface area contributed by atoms with E-state index in [1.807, 2.05) is 83.5 Å². The molecule has 1 radical (unpaired) electrons. The summed E-state index contributed by atoms with van der Waals surface area (Å²) in [6, 6.07) is 28.3. The second-order valence-corrected chi connectivity index (χ2v) is 21.6. The van der Waals surface area contributed by atoms with Gasteiger partial charge in [0.1, 0.15) is 24.7 Å². The minimum Gasteiger partial charge on any atom is -0.493 e. The quantitative estimate of drug-likeness (QED) is 0.0381. The molecule has 0 unspecified atom stereocenters. The van der Waals surface area contributed by atoms with Crippen molar-refractivity contribution in [1.29, 1.82) is 0 Å². The van der Waals surface area contributed by atoms with Gasteiger partial charge in [-0.1, -0.05) is 54.9 Å². The summed E-state index contributed by atoms with van der Waals surface area (Å²) >= 11 is 0. The first-order valence-electron chi connectivity index (χ1n) is 27.7. The Morgan fingerprint density at radius 2 is 1.31 bits per heavy atom. The number of carbonyl (C=O) groups excluding carboxylic acids is 8. The number of hydrogen-bond acceptors (Lipinski definition) is 11. The van der Waals surface area contributed by atoms with Gasteiger partial charge in [-0.2, -0.15) is 6.42 Å². The second-order valence-electron chi connectivity index (χ2n) is 21.6. The molecule has 5 aliphatic rings. The summed E-state index contributed by atoms with van der Waals surface area (Å²) < 4.78 is 18.9. The number of aryl methyl sites for hydroxylation is 2. The molecule has 417 valence electrons. The average molecular weight is 1170 g/mol. The SMILES string of the molecule is COc1cc2c(cc1OCc1cc(COc3cc4c(cc3C)C(=O)N3c5ccccc5C[C@H]3CC4)cc(NC(=O)[C@H](C)CC(=O)[C@H](C)NC(=O)CCCCC(=O)CCCN3C(=O)C=CC3=O)c1)C[CH-][C@@H]1Cc3ccccc3N1C2=O.[Y]. The Morgan fingerprint density at radius 3 is 2.02 bits per heavy atom. The molecule has 16 nitrogen and oxygen atoms in total. The van der Waals surface area contributed by atoms with Crippen LogP contribution in [0, 0.1) is 19.3 Å². The van der Waals surface area contributed by atoms with Crippen molar-refractivity contribution in [3.05, 3.63) is 160 Å². The van der Waals surface area contributed by atoms with Crippen LogP contribution in [0.15, 0.2) is 103 Å². The number of hydrogen-bond donors (Lipinski definition) is 2. The smallest absolute Gasteiger partial charge is 0.258 e. The fourth-order valence-corrected chi connectivity index (χ4v) is 11.6. The van der Waals surface area contributed by atoms with Crippen LogP contribution in [0.2, 0.25) is 0 Å². The number of anilines is 3. The molecule has 17 heteroatoms. The number of imide groups is 1. The second kappa shape index (κ2) is 25.7. The summed E-state index contributed by atoms with van der Waals surface area (Å²) in [5.41, 5.74) is 9.83. The van der Waals surface area contributed by atoms with E-state index in [1.165, 1.54) is 24.8 Å². The van der Waals surface area contributed by atoms with Crippen molar-refractivity contribution in [2.24, 2.45) is 5.92 Å². The summed E-state index contributed by atoms with van der Waals surface area (Å²) in [5, 5.41) is 5.74. The van der Waals surface area contributed by atoms with Gasteiger partial charge in [-0.15, -0.1) is 0 Å². The number of benzene rings is 5. The number of Topliss-reactive ketones (excluding diaryl/α,β-unsaturated/α-hetero) is 2. The third kappa shape index (κ3) is 13.1. The number of rotatable bonds is 22. The van der Waals surface area contributed by atoms with Gasteiger partial charge < -0.3 is 41.1 Å². The number of nitrogens with zero attached hydrogens (tertiary/aromatic N) is 3. The van der Waals surface area contributed by atoms with Crippen molar-refractivity contribution in [1.82, 2.24) is 10.2 Å². The van der Waals surface area contributed by atoms with Crippen molar-refractivity contribution >= 4 is 64.1 Å². The van der Waals surface area contributed by atoms with Crippen molar-refractivity contribution in [2.75, 3.05) is 28.8 Å². The Bertz CT molecular complexity index is 3340. The van der Waals surface area contributed by atoms with Crippen molar-refractivity contribution < 1.29 is 85.3 Å². The first kappa shape index (κ1) is 58.4. The van der Waals surface area contributed by atoms with Crippen molar-refractivity contribution in [2.45, 2.75) is 129 Å².